The molecule has 0 saturated heterocycles. The number of anilines is 1. The Morgan fingerprint density at radius 2 is 1.59 bits per heavy atom. The minimum Gasteiger partial charge on any atom is -0.478 e. The van der Waals surface area contributed by atoms with Crippen LogP contribution in [0.5, 0.6) is 11.5 Å². The van der Waals surface area contributed by atoms with Crippen LogP contribution in [0.15, 0.2) is 94.1 Å². The highest BCUT2D eigenvalue weighted by molar-refractivity contribution is 6.07. The van der Waals surface area contributed by atoms with Gasteiger partial charge in [-0.2, -0.15) is 0 Å². The Kier molecular flexibility index (Phi) is 4.60. The van der Waals surface area contributed by atoms with Crippen molar-refractivity contribution >= 4 is 22.6 Å². The fraction of sp³-hybridized carbons (Fsp3) is 0. The highest BCUT2D eigenvalue weighted by Gasteiger charge is 2.21. The lowest BCUT2D eigenvalue weighted by Crippen LogP contribution is -2.03. The number of hydrogen-bond acceptors (Lipinski definition) is 5. The first-order valence-electron chi connectivity index (χ1n) is 9.86. The summed E-state index contributed by atoms with van der Waals surface area (Å²) in [7, 11) is 0. The minimum atomic E-state index is -1.04. The van der Waals surface area contributed by atoms with Gasteiger partial charge in [0.1, 0.15) is 22.8 Å². The number of carbonyl (C=O) groups is 1. The van der Waals surface area contributed by atoms with Crippen molar-refractivity contribution in [2.24, 2.45) is 0 Å². The zero-order valence-corrected chi connectivity index (χ0v) is 16.7. The lowest BCUT2D eigenvalue weighted by molar-refractivity contribution is 0.0697. The first-order valence-corrected chi connectivity index (χ1v) is 9.86. The first kappa shape index (κ1) is 19.4. The number of nitrogens with two attached hydrogens (primary N) is 1. The van der Waals surface area contributed by atoms with E-state index in [1.54, 1.807) is 66.7 Å². The van der Waals surface area contributed by atoms with E-state index in [4.69, 9.17) is 14.9 Å². The fourth-order valence-corrected chi connectivity index (χ4v) is 3.76. The maximum atomic E-state index is 12.0. The van der Waals surface area contributed by atoms with Crippen LogP contribution >= 0.6 is 0 Å². The second-order valence-corrected chi connectivity index (χ2v) is 7.31. The van der Waals surface area contributed by atoms with Crippen molar-refractivity contribution < 1.29 is 19.1 Å². The molecule has 3 N–H and O–H groups in total. The summed E-state index contributed by atoms with van der Waals surface area (Å²) in [5.41, 5.74) is 8.65. The van der Waals surface area contributed by atoms with E-state index in [0.29, 0.717) is 50.6 Å². The number of ether oxygens (including phenoxy) is 1. The van der Waals surface area contributed by atoms with Gasteiger partial charge < -0.3 is 20.0 Å². The van der Waals surface area contributed by atoms with Crippen LogP contribution in [-0.4, -0.2) is 11.1 Å². The van der Waals surface area contributed by atoms with Gasteiger partial charge in [0.25, 0.3) is 0 Å². The maximum Gasteiger partial charge on any atom is 0.336 e. The van der Waals surface area contributed by atoms with E-state index in [1.807, 2.05) is 6.07 Å². The third kappa shape index (κ3) is 3.44. The smallest absolute Gasteiger partial charge is 0.336 e. The molecule has 0 spiro atoms. The number of benzene rings is 4. The lowest BCUT2D eigenvalue weighted by Gasteiger charge is -2.17. The van der Waals surface area contributed by atoms with E-state index in [0.717, 1.165) is 0 Å². The van der Waals surface area contributed by atoms with Crippen LogP contribution in [0.1, 0.15) is 10.4 Å². The quantitative estimate of drug-likeness (QED) is 0.287. The average Bonchev–Trinajstić information content (AvgIpc) is 2.79. The van der Waals surface area contributed by atoms with Crippen LogP contribution in [0.25, 0.3) is 33.4 Å². The Morgan fingerprint density at radius 3 is 2.38 bits per heavy atom. The Hall–Kier alpha value is -4.58. The Labute approximate surface area is 182 Å². The summed E-state index contributed by atoms with van der Waals surface area (Å²) >= 11 is 0. The number of aromatic carboxylic acids is 1. The molecule has 0 saturated carbocycles. The molecular formula is C26H17NO5. The zero-order valence-electron chi connectivity index (χ0n) is 16.7. The van der Waals surface area contributed by atoms with Gasteiger partial charge in [-0.05, 0) is 60.2 Å². The molecule has 0 radical (unpaired) electrons. The van der Waals surface area contributed by atoms with Crippen molar-refractivity contribution in [2.75, 3.05) is 5.73 Å². The van der Waals surface area contributed by atoms with Crippen LogP contribution in [-0.2, 0) is 0 Å². The van der Waals surface area contributed by atoms with Gasteiger partial charge >= 0.3 is 5.97 Å². The van der Waals surface area contributed by atoms with Crippen LogP contribution < -0.4 is 15.9 Å². The molecule has 2 aliphatic rings. The standard InChI is InChI=1S/C26H17NO5/c27-15-5-8-17(9-6-15)31-18-10-12-22-24(14-18)32-23-13-16(28)7-11-21(23)25(22)19-3-1-2-4-20(19)26(29)30/h1-14H,27H2,(H,29,30). The monoisotopic (exact) mass is 423 g/mol. The van der Waals surface area contributed by atoms with E-state index in [1.165, 1.54) is 12.1 Å². The molecule has 1 aliphatic heterocycles. The topological polar surface area (TPSA) is 103 Å². The van der Waals surface area contributed by atoms with E-state index in [-0.39, 0.29) is 11.0 Å². The molecule has 0 atom stereocenters. The summed E-state index contributed by atoms with van der Waals surface area (Å²) in [4.78, 5) is 23.9. The fourth-order valence-electron chi connectivity index (χ4n) is 3.76. The van der Waals surface area contributed by atoms with Gasteiger partial charge in [0, 0.05) is 34.3 Å². The molecule has 6 nitrogen and oxygen atoms in total. The first-order chi connectivity index (χ1) is 15.5. The molecule has 5 rings (SSSR count). The van der Waals surface area contributed by atoms with E-state index >= 15 is 0 Å². The molecule has 0 fully saturated rings. The van der Waals surface area contributed by atoms with Gasteiger partial charge in [0.15, 0.2) is 5.43 Å². The van der Waals surface area contributed by atoms with Gasteiger partial charge in [-0.3, -0.25) is 4.79 Å². The van der Waals surface area contributed by atoms with E-state index < -0.39 is 5.97 Å². The van der Waals surface area contributed by atoms with Crippen LogP contribution in [0, 0.1) is 0 Å². The van der Waals surface area contributed by atoms with Gasteiger partial charge in [-0.25, -0.2) is 4.79 Å². The summed E-state index contributed by atoms with van der Waals surface area (Å²) in [6, 6.07) is 23.6. The number of fused-ring (bicyclic) bond motifs is 2. The normalized spacial score (nSPS) is 11.0. The van der Waals surface area contributed by atoms with Crippen molar-refractivity contribution in [1.29, 1.82) is 0 Å². The van der Waals surface area contributed by atoms with E-state index in [9.17, 15) is 14.7 Å². The van der Waals surface area contributed by atoms with Crippen molar-refractivity contribution in [3.63, 3.8) is 0 Å². The van der Waals surface area contributed by atoms with Crippen LogP contribution in [0.2, 0.25) is 0 Å². The number of carboxylic acid groups (broad SMARTS) is 1. The Bertz CT molecular complexity index is 1500. The summed E-state index contributed by atoms with van der Waals surface area (Å²) < 4.78 is 12.0. The molecule has 6 heteroatoms. The largest absolute Gasteiger partial charge is 0.478 e. The third-order valence-corrected chi connectivity index (χ3v) is 5.21. The van der Waals surface area contributed by atoms with Crippen LogP contribution in [0.3, 0.4) is 0 Å². The van der Waals surface area contributed by atoms with Gasteiger partial charge in [0.05, 0.1) is 5.56 Å². The number of rotatable bonds is 4. The molecule has 1 heterocycles. The highest BCUT2D eigenvalue weighted by Crippen LogP contribution is 2.42. The second-order valence-electron chi connectivity index (χ2n) is 7.31. The molecule has 32 heavy (non-hydrogen) atoms. The Morgan fingerprint density at radius 1 is 0.844 bits per heavy atom. The van der Waals surface area contributed by atoms with Crippen molar-refractivity contribution in [3.8, 4) is 33.9 Å². The summed E-state index contributed by atoms with van der Waals surface area (Å²) in [6.07, 6.45) is 0. The Balaban J connectivity index is 1.76. The zero-order chi connectivity index (χ0) is 22.2. The van der Waals surface area contributed by atoms with E-state index in [2.05, 4.69) is 0 Å². The lowest BCUT2D eigenvalue weighted by atomic mass is 9.91. The molecule has 0 bridgehead atoms. The summed E-state index contributed by atoms with van der Waals surface area (Å²) in [5.74, 6) is 0.468. The van der Waals surface area contributed by atoms with Crippen molar-refractivity contribution in [2.45, 2.75) is 0 Å². The molecule has 3 aromatic rings. The number of nitrogen functional groups attached to an aromatic ring is 1. The predicted octanol–water partition coefficient (Wildman–Crippen LogP) is 5.64. The maximum absolute atomic E-state index is 12.0. The minimum absolute atomic E-state index is 0.162. The molecule has 1 aliphatic carbocycles. The van der Waals surface area contributed by atoms with Crippen molar-refractivity contribution in [3.05, 3.63) is 101 Å². The van der Waals surface area contributed by atoms with Gasteiger partial charge in [-0.15, -0.1) is 0 Å². The van der Waals surface area contributed by atoms with Gasteiger partial charge in [0.2, 0.25) is 0 Å². The van der Waals surface area contributed by atoms with Gasteiger partial charge in [-0.1, -0.05) is 18.2 Å². The average molecular weight is 423 g/mol. The molecule has 3 aromatic carbocycles. The molecule has 0 unspecified atom stereocenters. The number of carboxylic acids is 1. The third-order valence-electron chi connectivity index (χ3n) is 5.21. The summed E-state index contributed by atoms with van der Waals surface area (Å²) in [6.45, 7) is 0. The van der Waals surface area contributed by atoms with Crippen LogP contribution in [0.4, 0.5) is 5.69 Å². The molecule has 156 valence electrons. The number of hydrogen-bond donors (Lipinski definition) is 2. The molecule has 0 aromatic heterocycles. The second kappa shape index (κ2) is 7.59. The van der Waals surface area contributed by atoms with Crippen molar-refractivity contribution in [1.82, 2.24) is 0 Å². The molecular weight excluding hydrogens is 406 g/mol. The predicted molar refractivity (Wildman–Crippen MR) is 122 cm³/mol. The molecule has 0 amide bonds. The SMILES string of the molecule is Nc1ccc(Oc2ccc3c(-c4ccccc4C(=O)O)c4ccc(=O)cc-4oc3c2)cc1. The summed E-state index contributed by atoms with van der Waals surface area (Å²) in [5, 5.41) is 10.4. The highest BCUT2D eigenvalue weighted by atomic mass is 16.5.